The second kappa shape index (κ2) is 8.84. The van der Waals surface area contributed by atoms with Gasteiger partial charge in [0.2, 0.25) is 0 Å². The summed E-state index contributed by atoms with van der Waals surface area (Å²) in [5, 5.41) is 6.12. The van der Waals surface area contributed by atoms with Gasteiger partial charge in [-0.2, -0.15) is 5.10 Å². The monoisotopic (exact) mass is 539 g/mol. The number of hydrogen-bond acceptors (Lipinski definition) is 4. The molecule has 0 radical (unpaired) electrons. The summed E-state index contributed by atoms with van der Waals surface area (Å²) in [6.07, 6.45) is 6.11. The number of aromatic nitrogens is 5. The van der Waals surface area contributed by atoms with Crippen LogP contribution >= 0.6 is 11.6 Å². The third-order valence-corrected chi connectivity index (χ3v) is 8.32. The van der Waals surface area contributed by atoms with Crippen LogP contribution in [0.4, 0.5) is 5.69 Å². The van der Waals surface area contributed by atoms with Crippen LogP contribution in [0.2, 0.25) is 5.15 Å². The highest BCUT2D eigenvalue weighted by Crippen LogP contribution is 2.37. The van der Waals surface area contributed by atoms with E-state index in [2.05, 4.69) is 26.8 Å². The van der Waals surface area contributed by atoms with Gasteiger partial charge in [-0.05, 0) is 30.2 Å². The zero-order valence-electron chi connectivity index (χ0n) is 21.6. The minimum atomic E-state index is -0.670. The predicted molar refractivity (Wildman–Crippen MR) is 149 cm³/mol. The Morgan fingerprint density at radius 3 is 2.67 bits per heavy atom. The van der Waals surface area contributed by atoms with Gasteiger partial charge in [-0.15, -0.1) is 0 Å². The first-order chi connectivity index (χ1) is 18.9. The maximum absolute atomic E-state index is 13.9. The second-order valence-electron chi connectivity index (χ2n) is 10.2. The van der Waals surface area contributed by atoms with Crippen molar-refractivity contribution in [2.75, 3.05) is 18.5 Å². The van der Waals surface area contributed by atoms with Crippen LogP contribution in [0, 0.1) is 0 Å². The molecule has 2 amide bonds. The lowest BCUT2D eigenvalue weighted by molar-refractivity contribution is -0.123. The largest absolute Gasteiger partial charge is 0.343 e. The Morgan fingerprint density at radius 2 is 1.90 bits per heavy atom. The number of rotatable bonds is 4. The molecule has 196 valence electrons. The molecular weight excluding hydrogens is 514 g/mol. The minimum Gasteiger partial charge on any atom is -0.343 e. The van der Waals surface area contributed by atoms with E-state index in [0.29, 0.717) is 36.9 Å². The first-order valence-corrected chi connectivity index (χ1v) is 13.3. The van der Waals surface area contributed by atoms with Crippen LogP contribution < -0.4 is 4.90 Å². The van der Waals surface area contributed by atoms with E-state index in [1.807, 2.05) is 60.4 Å². The molecule has 2 aliphatic heterocycles. The SMILES string of the molecule is CN1C(=O)[C@@H](N2CCc3c(nn(Cc4ccccc4)c3Cl)C2=O)Cn2ccc3cc(-c4cncn4C)cc1c32. The fourth-order valence-corrected chi connectivity index (χ4v) is 6.14. The van der Waals surface area contributed by atoms with Gasteiger partial charge < -0.3 is 18.9 Å². The summed E-state index contributed by atoms with van der Waals surface area (Å²) in [5.74, 6) is -0.393. The first kappa shape index (κ1) is 23.7. The maximum Gasteiger partial charge on any atom is 0.275 e. The van der Waals surface area contributed by atoms with Crippen molar-refractivity contribution in [3.63, 3.8) is 0 Å². The number of likely N-dealkylation sites (N-methyl/N-ethyl adjacent to an activating group) is 1. The number of nitrogens with zero attached hydrogens (tertiary/aromatic N) is 7. The number of amides is 2. The van der Waals surface area contributed by atoms with E-state index in [0.717, 1.165) is 39.0 Å². The zero-order chi connectivity index (χ0) is 26.8. The lowest BCUT2D eigenvalue weighted by Crippen LogP contribution is -2.53. The topological polar surface area (TPSA) is 81.2 Å². The van der Waals surface area contributed by atoms with Gasteiger partial charge in [0, 0.05) is 43.4 Å². The summed E-state index contributed by atoms with van der Waals surface area (Å²) in [7, 11) is 3.73. The van der Waals surface area contributed by atoms with Crippen LogP contribution in [0.25, 0.3) is 22.2 Å². The number of anilines is 1. The van der Waals surface area contributed by atoms with Crippen LogP contribution in [0.5, 0.6) is 0 Å². The summed E-state index contributed by atoms with van der Waals surface area (Å²) in [6, 6.07) is 15.4. The second-order valence-corrected chi connectivity index (χ2v) is 10.6. The Balaban J connectivity index is 1.23. The predicted octanol–water partition coefficient (Wildman–Crippen LogP) is 3.98. The van der Waals surface area contributed by atoms with Gasteiger partial charge in [0.15, 0.2) is 5.69 Å². The average Bonchev–Trinajstić information content (AvgIpc) is 3.63. The molecule has 0 saturated heterocycles. The number of fused-ring (bicyclic) bond motifs is 1. The molecule has 39 heavy (non-hydrogen) atoms. The molecular formula is C29H26ClN7O2. The van der Waals surface area contributed by atoms with Gasteiger partial charge in [0.1, 0.15) is 11.2 Å². The van der Waals surface area contributed by atoms with E-state index in [1.165, 1.54) is 0 Å². The van der Waals surface area contributed by atoms with Crippen LogP contribution in [-0.2, 0) is 31.4 Å². The van der Waals surface area contributed by atoms with Crippen LogP contribution in [-0.4, -0.2) is 60.2 Å². The third-order valence-electron chi connectivity index (χ3n) is 7.90. The molecule has 0 N–H and O–H groups in total. The van der Waals surface area contributed by atoms with Crippen LogP contribution in [0.15, 0.2) is 67.3 Å². The highest BCUT2D eigenvalue weighted by Gasteiger charge is 2.40. The van der Waals surface area contributed by atoms with Crippen molar-refractivity contribution in [1.29, 1.82) is 0 Å². The smallest absolute Gasteiger partial charge is 0.275 e. The van der Waals surface area contributed by atoms with E-state index in [-0.39, 0.29) is 11.8 Å². The van der Waals surface area contributed by atoms with Crippen molar-refractivity contribution in [2.24, 2.45) is 7.05 Å². The number of carbonyl (C=O) groups is 2. The fraction of sp³-hybridized carbons (Fsp3) is 0.241. The number of carbonyl (C=O) groups excluding carboxylic acids is 2. The van der Waals surface area contributed by atoms with Gasteiger partial charge in [0.25, 0.3) is 11.8 Å². The Morgan fingerprint density at radius 1 is 1.08 bits per heavy atom. The molecule has 5 aromatic rings. The molecule has 0 aliphatic carbocycles. The molecule has 0 spiro atoms. The Kier molecular flexibility index (Phi) is 5.38. The summed E-state index contributed by atoms with van der Waals surface area (Å²) < 4.78 is 5.71. The fourth-order valence-electron chi connectivity index (χ4n) is 5.86. The van der Waals surface area contributed by atoms with E-state index >= 15 is 0 Å². The average molecular weight is 540 g/mol. The molecule has 2 aliphatic rings. The molecule has 0 bridgehead atoms. The summed E-state index contributed by atoms with van der Waals surface area (Å²) in [6.45, 7) is 1.23. The lowest BCUT2D eigenvalue weighted by atomic mass is 10.0. The molecule has 1 atom stereocenters. The van der Waals surface area contributed by atoms with E-state index in [4.69, 9.17) is 11.6 Å². The summed E-state index contributed by atoms with van der Waals surface area (Å²) >= 11 is 6.68. The third kappa shape index (κ3) is 3.68. The van der Waals surface area contributed by atoms with Crippen molar-refractivity contribution in [2.45, 2.75) is 25.6 Å². The van der Waals surface area contributed by atoms with Gasteiger partial charge in [-0.3, -0.25) is 9.59 Å². The van der Waals surface area contributed by atoms with Crippen molar-refractivity contribution in [3.8, 4) is 11.3 Å². The highest BCUT2D eigenvalue weighted by atomic mass is 35.5. The van der Waals surface area contributed by atoms with Gasteiger partial charge >= 0.3 is 0 Å². The van der Waals surface area contributed by atoms with Crippen molar-refractivity contribution in [1.82, 2.24) is 28.8 Å². The van der Waals surface area contributed by atoms with Crippen molar-refractivity contribution in [3.05, 3.63) is 89.2 Å². The van der Waals surface area contributed by atoms with Gasteiger partial charge in [0.05, 0.1) is 42.5 Å². The number of aryl methyl sites for hydroxylation is 1. The Labute approximate surface area is 229 Å². The highest BCUT2D eigenvalue weighted by molar-refractivity contribution is 6.31. The molecule has 7 rings (SSSR count). The van der Waals surface area contributed by atoms with Gasteiger partial charge in [-0.1, -0.05) is 41.9 Å². The molecule has 0 fully saturated rings. The molecule has 5 heterocycles. The number of imidazole rings is 1. The first-order valence-electron chi connectivity index (χ1n) is 12.9. The normalized spacial score (nSPS) is 17.2. The minimum absolute atomic E-state index is 0.131. The molecule has 9 nitrogen and oxygen atoms in total. The standard InChI is InChI=1S/C29H26ClN7O2/c1-33-17-31-14-23(33)20-12-19-8-10-35-16-24(28(38)34(2)22(13-20)26(19)35)36-11-9-21-25(29(36)39)32-37(27(21)30)15-18-6-4-3-5-7-18/h3-8,10,12-14,17,24H,9,11,15-16H2,1-2H3/t24-/m0/s1. The maximum atomic E-state index is 13.9. The lowest BCUT2D eigenvalue weighted by Gasteiger charge is -2.34. The van der Waals surface area contributed by atoms with E-state index < -0.39 is 6.04 Å². The molecule has 2 aromatic carbocycles. The summed E-state index contributed by atoms with van der Waals surface area (Å²) in [5.41, 5.74) is 5.84. The van der Waals surface area contributed by atoms with Crippen molar-refractivity contribution < 1.29 is 9.59 Å². The zero-order valence-corrected chi connectivity index (χ0v) is 22.3. The quantitative estimate of drug-likeness (QED) is 0.346. The molecule has 0 saturated carbocycles. The Hall–Kier alpha value is -4.37. The number of halogens is 1. The van der Waals surface area contributed by atoms with Crippen LogP contribution in [0.3, 0.4) is 0 Å². The van der Waals surface area contributed by atoms with E-state index in [1.54, 1.807) is 27.9 Å². The molecule has 10 heteroatoms. The van der Waals surface area contributed by atoms with Gasteiger partial charge in [-0.25, -0.2) is 9.67 Å². The number of hydrogen-bond donors (Lipinski definition) is 0. The van der Waals surface area contributed by atoms with E-state index in [9.17, 15) is 9.59 Å². The Bertz CT molecular complexity index is 1770. The summed E-state index contributed by atoms with van der Waals surface area (Å²) in [4.78, 5) is 35.3. The van der Waals surface area contributed by atoms with Crippen LogP contribution in [0.1, 0.15) is 21.6 Å². The molecule has 0 unspecified atom stereocenters. The molecule has 3 aromatic heterocycles. The number of benzene rings is 2. The van der Waals surface area contributed by atoms with Crippen molar-refractivity contribution >= 4 is 40.0 Å².